The van der Waals surface area contributed by atoms with E-state index in [0.29, 0.717) is 6.54 Å². The van der Waals surface area contributed by atoms with Crippen LogP contribution in [-0.2, 0) is 19.6 Å². The van der Waals surface area contributed by atoms with Crippen molar-refractivity contribution in [1.82, 2.24) is 14.5 Å². The summed E-state index contributed by atoms with van der Waals surface area (Å²) < 4.78 is 2.33. The molecule has 1 aromatic carbocycles. The van der Waals surface area contributed by atoms with Gasteiger partial charge in [-0.2, -0.15) is 0 Å². The first kappa shape index (κ1) is 18.1. The van der Waals surface area contributed by atoms with E-state index in [4.69, 9.17) is 4.98 Å². The fourth-order valence-electron chi connectivity index (χ4n) is 3.25. The molecule has 1 N–H and O–H groups in total. The number of aliphatic hydroxyl groups excluding tert-OH is 1. The van der Waals surface area contributed by atoms with Crippen LogP contribution in [0.15, 0.2) is 35.7 Å². The second-order valence-electron chi connectivity index (χ2n) is 6.71. The molecule has 0 bridgehead atoms. The molecule has 0 aliphatic heterocycles. The molecule has 134 valence electrons. The van der Waals surface area contributed by atoms with E-state index in [1.165, 1.54) is 16.0 Å². The van der Waals surface area contributed by atoms with E-state index in [1.807, 2.05) is 13.0 Å². The fourth-order valence-corrected chi connectivity index (χ4v) is 4.19. The lowest BCUT2D eigenvalue weighted by molar-refractivity contribution is 0.116. The number of nitrogens with zero attached hydrogens (tertiary/aromatic N) is 3. The zero-order valence-corrected chi connectivity index (χ0v) is 16.1. The molecule has 3 aromatic rings. The van der Waals surface area contributed by atoms with Crippen molar-refractivity contribution in [3.8, 4) is 0 Å². The largest absolute Gasteiger partial charge is 0.392 e. The predicted molar refractivity (Wildman–Crippen MR) is 105 cm³/mol. The zero-order valence-electron chi connectivity index (χ0n) is 15.3. The van der Waals surface area contributed by atoms with Crippen LogP contribution < -0.4 is 0 Å². The lowest BCUT2D eigenvalue weighted by atomic mass is 10.2. The van der Waals surface area contributed by atoms with Crippen LogP contribution in [0.3, 0.4) is 0 Å². The molecule has 2 aromatic heterocycles. The molecule has 25 heavy (non-hydrogen) atoms. The Balaban J connectivity index is 1.89. The highest BCUT2D eigenvalue weighted by molar-refractivity contribution is 7.10. The first-order valence-electron chi connectivity index (χ1n) is 8.96. The van der Waals surface area contributed by atoms with E-state index < -0.39 is 0 Å². The average molecular weight is 358 g/mol. The van der Waals surface area contributed by atoms with Crippen LogP contribution in [0.2, 0.25) is 0 Å². The molecule has 0 aliphatic carbocycles. The number of rotatable bonds is 8. The summed E-state index contributed by atoms with van der Waals surface area (Å²) >= 11 is 1.78. The van der Waals surface area contributed by atoms with Crippen molar-refractivity contribution in [2.45, 2.75) is 52.9 Å². The number of benzene rings is 1. The van der Waals surface area contributed by atoms with E-state index >= 15 is 0 Å². The minimum absolute atomic E-state index is 0.357. The predicted octanol–water partition coefficient (Wildman–Crippen LogP) is 4.20. The van der Waals surface area contributed by atoms with E-state index in [-0.39, 0.29) is 6.10 Å². The number of imidazole rings is 1. The lowest BCUT2D eigenvalue weighted by Gasteiger charge is -2.23. The van der Waals surface area contributed by atoms with Gasteiger partial charge < -0.3 is 9.67 Å². The summed E-state index contributed by atoms with van der Waals surface area (Å²) in [4.78, 5) is 8.54. The van der Waals surface area contributed by atoms with Crippen molar-refractivity contribution in [2.24, 2.45) is 0 Å². The molecule has 0 amide bonds. The maximum Gasteiger partial charge on any atom is 0.124 e. The van der Waals surface area contributed by atoms with Gasteiger partial charge in [0, 0.05) is 24.5 Å². The molecule has 0 saturated heterocycles. The number of thiophene rings is 1. The molecule has 2 heterocycles. The summed E-state index contributed by atoms with van der Waals surface area (Å²) in [5.74, 6) is 1.08. The number of fused-ring (bicyclic) bond motifs is 1. The van der Waals surface area contributed by atoms with Gasteiger partial charge in [0.05, 0.1) is 23.7 Å². The van der Waals surface area contributed by atoms with E-state index in [9.17, 15) is 5.11 Å². The number of aliphatic hydroxyl groups is 1. The Labute approximate surface area is 153 Å². The number of hydrogen-bond donors (Lipinski definition) is 1. The molecule has 0 unspecified atom stereocenters. The van der Waals surface area contributed by atoms with Gasteiger partial charge in [-0.05, 0) is 49.4 Å². The van der Waals surface area contributed by atoms with Crippen LogP contribution in [-0.4, -0.2) is 32.2 Å². The van der Waals surface area contributed by atoms with Gasteiger partial charge in [-0.3, -0.25) is 4.90 Å². The summed E-state index contributed by atoms with van der Waals surface area (Å²) in [6, 6.07) is 10.5. The molecule has 4 nitrogen and oxygen atoms in total. The second-order valence-corrected chi connectivity index (χ2v) is 7.71. The molecule has 1 atom stereocenters. The molecule has 0 aliphatic rings. The summed E-state index contributed by atoms with van der Waals surface area (Å²) in [7, 11) is 0. The Hall–Kier alpha value is -1.69. The zero-order chi connectivity index (χ0) is 17.8. The third-order valence-corrected chi connectivity index (χ3v) is 5.41. The highest BCUT2D eigenvalue weighted by atomic mass is 32.1. The lowest BCUT2D eigenvalue weighted by Crippen LogP contribution is -2.31. The van der Waals surface area contributed by atoms with Crippen molar-refractivity contribution in [2.75, 3.05) is 6.54 Å². The van der Waals surface area contributed by atoms with Crippen LogP contribution in [0, 0.1) is 6.92 Å². The topological polar surface area (TPSA) is 41.3 Å². The first-order chi connectivity index (χ1) is 12.1. The Kier molecular flexibility index (Phi) is 5.89. The number of aromatic nitrogens is 2. The van der Waals surface area contributed by atoms with E-state index in [2.05, 4.69) is 53.0 Å². The van der Waals surface area contributed by atoms with Crippen LogP contribution >= 0.6 is 11.3 Å². The summed E-state index contributed by atoms with van der Waals surface area (Å²) in [6.45, 7) is 9.41. The van der Waals surface area contributed by atoms with Crippen molar-refractivity contribution in [1.29, 1.82) is 0 Å². The quantitative estimate of drug-likeness (QED) is 0.657. The highest BCUT2D eigenvalue weighted by Gasteiger charge is 2.17. The van der Waals surface area contributed by atoms with Gasteiger partial charge >= 0.3 is 0 Å². The Morgan fingerprint density at radius 2 is 2.04 bits per heavy atom. The summed E-state index contributed by atoms with van der Waals surface area (Å²) in [6.07, 6.45) is 0.720. The Morgan fingerprint density at radius 3 is 2.72 bits per heavy atom. The molecular weight excluding hydrogens is 330 g/mol. The number of para-hydroxylation sites is 2. The van der Waals surface area contributed by atoms with Crippen molar-refractivity contribution >= 4 is 22.4 Å². The normalized spacial score (nSPS) is 13.0. The molecular formula is C20H27N3OS. The fraction of sp³-hybridized carbons (Fsp3) is 0.450. The maximum atomic E-state index is 9.95. The maximum absolute atomic E-state index is 9.95. The van der Waals surface area contributed by atoms with Gasteiger partial charge in [0.15, 0.2) is 0 Å². The van der Waals surface area contributed by atoms with E-state index in [0.717, 1.165) is 37.4 Å². The minimum atomic E-state index is -0.357. The third kappa shape index (κ3) is 4.29. The smallest absolute Gasteiger partial charge is 0.124 e. The summed E-state index contributed by atoms with van der Waals surface area (Å²) in [5.41, 5.74) is 3.57. The first-order valence-corrected chi connectivity index (χ1v) is 9.84. The van der Waals surface area contributed by atoms with Crippen molar-refractivity contribution < 1.29 is 5.11 Å². The molecule has 5 heteroatoms. The summed E-state index contributed by atoms with van der Waals surface area (Å²) in [5, 5.41) is 12.1. The van der Waals surface area contributed by atoms with Gasteiger partial charge in [0.1, 0.15) is 5.82 Å². The Bertz CT molecular complexity index is 821. The second kappa shape index (κ2) is 8.13. The van der Waals surface area contributed by atoms with Gasteiger partial charge in [-0.15, -0.1) is 11.3 Å². The minimum Gasteiger partial charge on any atom is -0.392 e. The van der Waals surface area contributed by atoms with Crippen molar-refractivity contribution in [3.63, 3.8) is 0 Å². The molecule has 0 saturated carbocycles. The molecule has 0 radical (unpaired) electrons. The monoisotopic (exact) mass is 357 g/mol. The van der Waals surface area contributed by atoms with Gasteiger partial charge in [-0.25, -0.2) is 4.98 Å². The Morgan fingerprint density at radius 1 is 1.24 bits per heavy atom. The van der Waals surface area contributed by atoms with Gasteiger partial charge in [0.25, 0.3) is 0 Å². The standard InChI is InChI=1S/C20H27N3OS/c1-4-10-23-18-8-6-5-7-17(18)21-20(23)14-22(12-16(3)24)13-19-15(2)9-11-25-19/h5-9,11,16,24H,4,10,12-14H2,1-3H3/t16-/m0/s1. The van der Waals surface area contributed by atoms with E-state index in [1.54, 1.807) is 11.3 Å². The molecule has 0 fully saturated rings. The van der Waals surface area contributed by atoms with Crippen LogP contribution in [0.25, 0.3) is 11.0 Å². The highest BCUT2D eigenvalue weighted by Crippen LogP contribution is 2.22. The molecule has 3 rings (SSSR count). The number of hydrogen-bond acceptors (Lipinski definition) is 4. The SMILES string of the molecule is CCCn1c(CN(Cc2sccc2C)C[C@H](C)O)nc2ccccc21. The van der Waals surface area contributed by atoms with Gasteiger partial charge in [-0.1, -0.05) is 19.1 Å². The van der Waals surface area contributed by atoms with Crippen molar-refractivity contribution in [3.05, 3.63) is 52.0 Å². The molecule has 0 spiro atoms. The van der Waals surface area contributed by atoms with Crippen LogP contribution in [0.1, 0.15) is 36.5 Å². The van der Waals surface area contributed by atoms with Gasteiger partial charge in [0.2, 0.25) is 0 Å². The number of aryl methyl sites for hydroxylation is 2. The third-order valence-electron chi connectivity index (χ3n) is 4.40. The van der Waals surface area contributed by atoms with Crippen LogP contribution in [0.5, 0.6) is 0 Å². The average Bonchev–Trinajstić information content (AvgIpc) is 3.12. The van der Waals surface area contributed by atoms with Crippen LogP contribution in [0.4, 0.5) is 0 Å².